The third kappa shape index (κ3) is 5.04. The van der Waals surface area contributed by atoms with Gasteiger partial charge in [0.15, 0.2) is 11.5 Å². The Kier molecular flexibility index (Phi) is 7.44. The highest BCUT2D eigenvalue weighted by Gasteiger charge is 2.12. The van der Waals surface area contributed by atoms with Crippen molar-refractivity contribution in [2.75, 3.05) is 34.0 Å². The van der Waals surface area contributed by atoms with E-state index in [0.29, 0.717) is 36.3 Å². The summed E-state index contributed by atoms with van der Waals surface area (Å²) >= 11 is 6.29. The first-order valence-electron chi connectivity index (χ1n) is 6.42. The Morgan fingerprint density at radius 1 is 1.30 bits per heavy atom. The minimum atomic E-state index is 0.562. The summed E-state index contributed by atoms with van der Waals surface area (Å²) in [6, 6.07) is 3.77. The minimum Gasteiger partial charge on any atom is -0.493 e. The van der Waals surface area contributed by atoms with Gasteiger partial charge < -0.3 is 19.5 Å². The first-order valence-corrected chi connectivity index (χ1v) is 6.80. The van der Waals surface area contributed by atoms with Crippen molar-refractivity contribution in [2.24, 2.45) is 0 Å². The van der Waals surface area contributed by atoms with Gasteiger partial charge in [-0.25, -0.2) is 0 Å². The summed E-state index contributed by atoms with van der Waals surface area (Å²) in [6.07, 6.45) is 0. The topological polar surface area (TPSA) is 39.7 Å². The van der Waals surface area contributed by atoms with E-state index in [1.54, 1.807) is 14.2 Å². The molecule has 112 valence electrons. The Hall–Kier alpha value is -1.23. The Bertz CT molecular complexity index is 449. The van der Waals surface area contributed by atoms with Crippen molar-refractivity contribution in [2.45, 2.75) is 13.5 Å². The van der Waals surface area contributed by atoms with Gasteiger partial charge in [-0.1, -0.05) is 29.8 Å². The van der Waals surface area contributed by atoms with E-state index in [-0.39, 0.29) is 0 Å². The molecule has 20 heavy (non-hydrogen) atoms. The van der Waals surface area contributed by atoms with Gasteiger partial charge in [0, 0.05) is 13.1 Å². The van der Waals surface area contributed by atoms with Crippen LogP contribution in [0.2, 0.25) is 5.02 Å². The molecule has 1 aromatic rings. The van der Waals surface area contributed by atoms with Gasteiger partial charge in [0.05, 0.1) is 32.5 Å². The van der Waals surface area contributed by atoms with E-state index < -0.39 is 0 Å². The smallest absolute Gasteiger partial charge is 0.179 e. The molecular formula is C15H22ClNO3. The molecule has 0 fully saturated rings. The van der Waals surface area contributed by atoms with Gasteiger partial charge in [-0.05, 0) is 18.6 Å². The normalized spacial score (nSPS) is 10.4. The fourth-order valence-electron chi connectivity index (χ4n) is 1.68. The van der Waals surface area contributed by atoms with Crippen LogP contribution in [0.1, 0.15) is 12.5 Å². The van der Waals surface area contributed by atoms with Gasteiger partial charge >= 0.3 is 0 Å². The molecule has 4 nitrogen and oxygen atoms in total. The number of methoxy groups -OCH3 is 2. The Morgan fingerprint density at radius 3 is 2.65 bits per heavy atom. The summed E-state index contributed by atoms with van der Waals surface area (Å²) in [5.41, 5.74) is 1.98. The van der Waals surface area contributed by atoms with Crippen LogP contribution in [0.5, 0.6) is 11.5 Å². The summed E-state index contributed by atoms with van der Waals surface area (Å²) in [4.78, 5) is 0. The average Bonchev–Trinajstić information content (AvgIpc) is 2.43. The van der Waals surface area contributed by atoms with Crippen LogP contribution in [-0.4, -0.2) is 34.0 Å². The second kappa shape index (κ2) is 8.84. The zero-order valence-corrected chi connectivity index (χ0v) is 13.0. The molecule has 0 unspecified atom stereocenters. The average molecular weight is 300 g/mol. The third-order valence-electron chi connectivity index (χ3n) is 2.65. The van der Waals surface area contributed by atoms with Crippen molar-refractivity contribution in [3.63, 3.8) is 0 Å². The number of hydrogen-bond acceptors (Lipinski definition) is 4. The molecule has 0 aliphatic carbocycles. The van der Waals surface area contributed by atoms with Crippen molar-refractivity contribution in [3.05, 3.63) is 34.9 Å². The summed E-state index contributed by atoms with van der Waals surface area (Å²) in [6.45, 7) is 8.35. The number of rotatable bonds is 9. The van der Waals surface area contributed by atoms with E-state index in [2.05, 4.69) is 11.9 Å². The van der Waals surface area contributed by atoms with Crippen LogP contribution >= 0.6 is 11.6 Å². The van der Waals surface area contributed by atoms with Crippen LogP contribution in [0.4, 0.5) is 0 Å². The second-order valence-electron chi connectivity index (χ2n) is 4.46. The lowest BCUT2D eigenvalue weighted by atomic mass is 10.2. The maximum absolute atomic E-state index is 6.29. The summed E-state index contributed by atoms with van der Waals surface area (Å²) in [5.74, 6) is 1.19. The number of halogens is 1. The van der Waals surface area contributed by atoms with Crippen molar-refractivity contribution in [3.8, 4) is 11.5 Å². The number of benzene rings is 1. The zero-order valence-electron chi connectivity index (χ0n) is 12.3. The number of ether oxygens (including phenoxy) is 3. The van der Waals surface area contributed by atoms with Crippen molar-refractivity contribution in [1.29, 1.82) is 0 Å². The maximum Gasteiger partial charge on any atom is 0.179 e. The zero-order chi connectivity index (χ0) is 15.0. The van der Waals surface area contributed by atoms with Crippen LogP contribution in [0, 0.1) is 0 Å². The van der Waals surface area contributed by atoms with E-state index in [9.17, 15) is 0 Å². The van der Waals surface area contributed by atoms with Crippen LogP contribution in [0.3, 0.4) is 0 Å². The van der Waals surface area contributed by atoms with Gasteiger partial charge in [0.1, 0.15) is 0 Å². The molecule has 1 aromatic carbocycles. The lowest BCUT2D eigenvalue weighted by molar-refractivity contribution is 0.158. The Morgan fingerprint density at radius 2 is 2.05 bits per heavy atom. The van der Waals surface area contributed by atoms with Crippen LogP contribution in [0.15, 0.2) is 24.3 Å². The molecule has 0 spiro atoms. The molecule has 0 saturated heterocycles. The van der Waals surface area contributed by atoms with E-state index in [1.165, 1.54) is 0 Å². The van der Waals surface area contributed by atoms with Gasteiger partial charge in [-0.3, -0.25) is 0 Å². The number of nitrogens with one attached hydrogen (secondary N) is 1. The van der Waals surface area contributed by atoms with Crippen LogP contribution in [-0.2, 0) is 11.3 Å². The van der Waals surface area contributed by atoms with Gasteiger partial charge in [0.25, 0.3) is 0 Å². The van der Waals surface area contributed by atoms with E-state index >= 15 is 0 Å². The molecule has 0 heterocycles. The lowest BCUT2D eigenvalue weighted by Crippen LogP contribution is -2.19. The molecule has 1 rings (SSSR count). The highest BCUT2D eigenvalue weighted by Crippen LogP contribution is 2.37. The molecule has 5 heteroatoms. The van der Waals surface area contributed by atoms with Crippen LogP contribution < -0.4 is 14.8 Å². The fraction of sp³-hybridized carbons (Fsp3) is 0.467. The van der Waals surface area contributed by atoms with E-state index in [0.717, 1.165) is 17.7 Å². The Labute approximate surface area is 125 Å². The minimum absolute atomic E-state index is 0.562. The molecule has 0 radical (unpaired) electrons. The highest BCUT2D eigenvalue weighted by molar-refractivity contribution is 6.33. The monoisotopic (exact) mass is 299 g/mol. The van der Waals surface area contributed by atoms with Gasteiger partial charge in [0.2, 0.25) is 0 Å². The molecule has 0 saturated carbocycles. The third-order valence-corrected chi connectivity index (χ3v) is 3.07. The molecule has 0 atom stereocenters. The quantitative estimate of drug-likeness (QED) is 0.562. The van der Waals surface area contributed by atoms with Gasteiger partial charge in [-0.2, -0.15) is 0 Å². The van der Waals surface area contributed by atoms with Crippen molar-refractivity contribution < 1.29 is 14.2 Å². The van der Waals surface area contributed by atoms with Crippen LogP contribution in [0.25, 0.3) is 0 Å². The summed E-state index contributed by atoms with van der Waals surface area (Å²) in [5, 5.41) is 3.84. The highest BCUT2D eigenvalue weighted by atomic mass is 35.5. The molecule has 0 bridgehead atoms. The van der Waals surface area contributed by atoms with Crippen molar-refractivity contribution in [1.82, 2.24) is 5.32 Å². The van der Waals surface area contributed by atoms with E-state index in [4.69, 9.17) is 25.8 Å². The van der Waals surface area contributed by atoms with Gasteiger partial charge in [-0.15, -0.1) is 0 Å². The lowest BCUT2D eigenvalue weighted by Gasteiger charge is -2.13. The predicted octanol–water partition coefficient (Wildman–Crippen LogP) is 3.04. The summed E-state index contributed by atoms with van der Waals surface area (Å²) in [7, 11) is 3.16. The SMILES string of the molecule is C=C(C)COCCNCc1ccc(OC)c(OC)c1Cl. The predicted molar refractivity (Wildman–Crippen MR) is 81.9 cm³/mol. The largest absolute Gasteiger partial charge is 0.493 e. The standard InChI is InChI=1S/C15H22ClNO3/c1-11(2)10-20-8-7-17-9-12-5-6-13(18-3)15(19-4)14(12)16/h5-6,17H,1,7-10H2,2-4H3. The number of hydrogen-bond donors (Lipinski definition) is 1. The second-order valence-corrected chi connectivity index (χ2v) is 4.84. The molecule has 1 N–H and O–H groups in total. The van der Waals surface area contributed by atoms with Crippen molar-refractivity contribution >= 4 is 11.6 Å². The molecule has 0 aromatic heterocycles. The van der Waals surface area contributed by atoms with E-state index in [1.807, 2.05) is 19.1 Å². The Balaban J connectivity index is 2.46. The summed E-state index contributed by atoms with van der Waals surface area (Å²) < 4.78 is 15.9. The molecule has 0 aliphatic heterocycles. The first-order chi connectivity index (χ1) is 9.60. The maximum atomic E-state index is 6.29. The first kappa shape index (κ1) is 16.8. The molecular weight excluding hydrogens is 278 g/mol. The fourth-order valence-corrected chi connectivity index (χ4v) is 1.98. The molecule has 0 amide bonds. The molecule has 0 aliphatic rings.